The standard InChI is InChI=1S/C19H26N4O2S/c1-12(2)24-14-3-4-15-16(9-14)26-18(21-15)23-11-19(25-17(23)20)10-22-7-5-13(19)6-8-22/h3-4,9,12-13,17H,5-8,10-11,20H2,1-2H3. The van der Waals surface area contributed by atoms with E-state index in [0.29, 0.717) is 5.92 Å². The van der Waals surface area contributed by atoms with Crippen molar-refractivity contribution in [3.05, 3.63) is 18.2 Å². The van der Waals surface area contributed by atoms with Crippen LogP contribution in [0.1, 0.15) is 26.7 Å². The van der Waals surface area contributed by atoms with Crippen molar-refractivity contribution in [3.63, 3.8) is 0 Å². The first-order valence-corrected chi connectivity index (χ1v) is 10.3. The number of hydrogen-bond acceptors (Lipinski definition) is 7. The third kappa shape index (κ3) is 2.69. The summed E-state index contributed by atoms with van der Waals surface area (Å²) in [7, 11) is 0. The van der Waals surface area contributed by atoms with E-state index in [9.17, 15) is 0 Å². The molecule has 4 saturated heterocycles. The fourth-order valence-electron chi connectivity index (χ4n) is 4.69. The van der Waals surface area contributed by atoms with Crippen molar-refractivity contribution in [2.24, 2.45) is 11.7 Å². The summed E-state index contributed by atoms with van der Waals surface area (Å²) in [5.41, 5.74) is 7.26. The molecule has 140 valence electrons. The van der Waals surface area contributed by atoms with Crippen LogP contribution in [0, 0.1) is 5.92 Å². The highest BCUT2D eigenvalue weighted by Gasteiger charge is 2.54. The Kier molecular flexibility index (Phi) is 3.90. The molecule has 1 spiro atoms. The van der Waals surface area contributed by atoms with E-state index in [2.05, 4.69) is 15.9 Å². The SMILES string of the molecule is CC(C)Oc1ccc2nc(N3CC4(CN5CCC4CC5)OC3N)sc2c1. The molecule has 26 heavy (non-hydrogen) atoms. The average Bonchev–Trinajstić information content (AvgIpc) is 3.16. The summed E-state index contributed by atoms with van der Waals surface area (Å²) in [6.45, 7) is 8.31. The van der Waals surface area contributed by atoms with E-state index < -0.39 is 6.35 Å². The van der Waals surface area contributed by atoms with Crippen LogP contribution < -0.4 is 15.4 Å². The predicted octanol–water partition coefficient (Wildman–Crippen LogP) is 2.63. The summed E-state index contributed by atoms with van der Waals surface area (Å²) in [4.78, 5) is 9.49. The number of nitrogens with zero attached hydrogens (tertiary/aromatic N) is 3. The second kappa shape index (κ2) is 6.05. The number of aromatic nitrogens is 1. The second-order valence-corrected chi connectivity index (χ2v) is 9.05. The lowest BCUT2D eigenvalue weighted by molar-refractivity contribution is -0.137. The molecule has 1 aromatic heterocycles. The summed E-state index contributed by atoms with van der Waals surface area (Å²) < 4.78 is 13.3. The van der Waals surface area contributed by atoms with E-state index in [1.807, 2.05) is 26.0 Å². The van der Waals surface area contributed by atoms with Gasteiger partial charge in [-0.15, -0.1) is 0 Å². The van der Waals surface area contributed by atoms with Gasteiger partial charge in [0.25, 0.3) is 0 Å². The van der Waals surface area contributed by atoms with Gasteiger partial charge >= 0.3 is 0 Å². The molecular weight excluding hydrogens is 348 g/mol. The van der Waals surface area contributed by atoms with Crippen molar-refractivity contribution in [3.8, 4) is 5.75 Å². The molecular formula is C19H26N4O2S. The molecule has 4 aliphatic heterocycles. The smallest absolute Gasteiger partial charge is 0.189 e. The van der Waals surface area contributed by atoms with Crippen molar-refractivity contribution >= 4 is 26.7 Å². The maximum Gasteiger partial charge on any atom is 0.189 e. The van der Waals surface area contributed by atoms with Gasteiger partial charge < -0.3 is 19.3 Å². The van der Waals surface area contributed by atoms with Gasteiger partial charge in [-0.05, 0) is 63.9 Å². The highest BCUT2D eigenvalue weighted by molar-refractivity contribution is 7.22. The Labute approximate surface area is 157 Å². The molecule has 0 saturated carbocycles. The lowest BCUT2D eigenvalue weighted by Crippen LogP contribution is -2.61. The third-order valence-corrected chi connectivity index (χ3v) is 6.94. The Balaban J connectivity index is 1.42. The van der Waals surface area contributed by atoms with Crippen LogP contribution >= 0.6 is 11.3 Å². The van der Waals surface area contributed by atoms with Crippen molar-refractivity contribution < 1.29 is 9.47 Å². The molecule has 0 amide bonds. The van der Waals surface area contributed by atoms with Crippen LogP contribution in [0.3, 0.4) is 0 Å². The van der Waals surface area contributed by atoms with Crippen molar-refractivity contribution in [1.82, 2.24) is 9.88 Å². The number of anilines is 1. The van der Waals surface area contributed by atoms with Crippen LogP contribution in [0.4, 0.5) is 5.13 Å². The number of rotatable bonds is 3. The Bertz CT molecular complexity index is 817. The molecule has 2 bridgehead atoms. The van der Waals surface area contributed by atoms with Crippen LogP contribution in [-0.4, -0.2) is 54.1 Å². The van der Waals surface area contributed by atoms with Gasteiger partial charge in [-0.2, -0.15) is 0 Å². The topological polar surface area (TPSA) is 63.8 Å². The molecule has 7 heteroatoms. The minimum Gasteiger partial charge on any atom is -0.491 e. The first kappa shape index (κ1) is 16.7. The van der Waals surface area contributed by atoms with Crippen molar-refractivity contribution in [2.45, 2.75) is 44.7 Å². The lowest BCUT2D eigenvalue weighted by Gasteiger charge is -2.50. The zero-order chi connectivity index (χ0) is 17.9. The van der Waals surface area contributed by atoms with Gasteiger partial charge in [0, 0.05) is 6.54 Å². The maximum atomic E-state index is 6.39. The molecule has 0 aliphatic carbocycles. The largest absolute Gasteiger partial charge is 0.491 e. The zero-order valence-corrected chi connectivity index (χ0v) is 16.2. The van der Waals surface area contributed by atoms with E-state index >= 15 is 0 Å². The van der Waals surface area contributed by atoms with E-state index in [1.54, 1.807) is 11.3 Å². The highest BCUT2D eigenvalue weighted by atomic mass is 32.1. The first-order valence-electron chi connectivity index (χ1n) is 9.52. The highest BCUT2D eigenvalue weighted by Crippen LogP contribution is 2.45. The number of thiazole rings is 1. The average molecular weight is 375 g/mol. The molecule has 2 N–H and O–H groups in total. The Morgan fingerprint density at radius 3 is 2.81 bits per heavy atom. The molecule has 4 fully saturated rings. The quantitative estimate of drug-likeness (QED) is 0.891. The van der Waals surface area contributed by atoms with Gasteiger partial charge in [0.15, 0.2) is 11.5 Å². The molecule has 2 atom stereocenters. The molecule has 6 rings (SSSR count). The maximum absolute atomic E-state index is 6.39. The van der Waals surface area contributed by atoms with Gasteiger partial charge in [-0.1, -0.05) is 11.3 Å². The Morgan fingerprint density at radius 2 is 2.12 bits per heavy atom. The van der Waals surface area contributed by atoms with Crippen molar-refractivity contribution in [2.75, 3.05) is 31.1 Å². The lowest BCUT2D eigenvalue weighted by atomic mass is 9.75. The summed E-state index contributed by atoms with van der Waals surface area (Å²) in [6, 6.07) is 6.09. The summed E-state index contributed by atoms with van der Waals surface area (Å²) in [5.74, 6) is 1.50. The molecule has 4 aliphatic rings. The fraction of sp³-hybridized carbons (Fsp3) is 0.632. The number of benzene rings is 1. The molecule has 2 unspecified atom stereocenters. The number of nitrogens with two attached hydrogens (primary N) is 1. The number of piperidine rings is 3. The second-order valence-electron chi connectivity index (χ2n) is 8.04. The summed E-state index contributed by atoms with van der Waals surface area (Å²) in [6.07, 6.45) is 2.19. The van der Waals surface area contributed by atoms with Crippen LogP contribution in [0.5, 0.6) is 5.75 Å². The molecule has 0 radical (unpaired) electrons. The van der Waals surface area contributed by atoms with E-state index in [1.165, 1.54) is 25.9 Å². The van der Waals surface area contributed by atoms with Gasteiger partial charge in [0.05, 0.1) is 22.9 Å². The summed E-state index contributed by atoms with van der Waals surface area (Å²) in [5, 5.41) is 0.947. The minimum atomic E-state index is -0.414. The number of fused-ring (bicyclic) bond motifs is 3. The van der Waals surface area contributed by atoms with Gasteiger partial charge in [0.2, 0.25) is 0 Å². The first-order chi connectivity index (χ1) is 12.5. The molecule has 5 heterocycles. The zero-order valence-electron chi connectivity index (χ0n) is 15.4. The minimum absolute atomic E-state index is 0.125. The number of ether oxygens (including phenoxy) is 2. The number of hydrogen-bond donors (Lipinski definition) is 1. The predicted molar refractivity (Wildman–Crippen MR) is 104 cm³/mol. The normalized spacial score (nSPS) is 33.7. The van der Waals surface area contributed by atoms with E-state index in [0.717, 1.165) is 34.2 Å². The third-order valence-electron chi connectivity index (χ3n) is 5.89. The summed E-state index contributed by atoms with van der Waals surface area (Å²) >= 11 is 1.67. The van der Waals surface area contributed by atoms with Crippen LogP contribution in [0.15, 0.2) is 18.2 Å². The van der Waals surface area contributed by atoms with Gasteiger partial charge in [-0.3, -0.25) is 5.73 Å². The monoisotopic (exact) mass is 374 g/mol. The van der Waals surface area contributed by atoms with E-state index in [-0.39, 0.29) is 11.7 Å². The van der Waals surface area contributed by atoms with Crippen LogP contribution in [-0.2, 0) is 4.74 Å². The molecule has 2 aromatic rings. The Hall–Kier alpha value is -1.41. The van der Waals surface area contributed by atoms with Gasteiger partial charge in [0.1, 0.15) is 11.4 Å². The Morgan fingerprint density at radius 1 is 1.31 bits per heavy atom. The van der Waals surface area contributed by atoms with Gasteiger partial charge in [-0.25, -0.2) is 4.98 Å². The van der Waals surface area contributed by atoms with Crippen LogP contribution in [0.2, 0.25) is 0 Å². The van der Waals surface area contributed by atoms with Crippen LogP contribution in [0.25, 0.3) is 10.2 Å². The van der Waals surface area contributed by atoms with Crippen molar-refractivity contribution in [1.29, 1.82) is 0 Å². The van der Waals surface area contributed by atoms with E-state index in [4.69, 9.17) is 20.2 Å². The fourth-order valence-corrected chi connectivity index (χ4v) is 5.71. The molecule has 1 aromatic carbocycles. The molecule has 6 nitrogen and oxygen atoms in total.